The maximum Gasteiger partial charge on any atom is 0.415 e. The minimum atomic E-state index is -0.469. The summed E-state index contributed by atoms with van der Waals surface area (Å²) in [6.45, 7) is 1.49. The van der Waals surface area contributed by atoms with Gasteiger partial charge in [-0.1, -0.05) is 140 Å². The van der Waals surface area contributed by atoms with E-state index >= 15 is 0 Å². The molecule has 1 amide bonds. The van der Waals surface area contributed by atoms with Crippen LogP contribution >= 0.6 is 11.8 Å². The Morgan fingerprint density at radius 2 is 1.14 bits per heavy atom. The van der Waals surface area contributed by atoms with E-state index in [1.165, 1.54) is 16.7 Å². The van der Waals surface area contributed by atoms with E-state index in [0.717, 1.165) is 12.0 Å². The van der Waals surface area contributed by atoms with Crippen molar-refractivity contribution >= 4 is 17.9 Å². The van der Waals surface area contributed by atoms with E-state index in [4.69, 9.17) is 9.47 Å². The number of benzene rings is 5. The van der Waals surface area contributed by atoms with Crippen LogP contribution in [0.25, 0.3) is 0 Å². The minimum absolute atomic E-state index is 0.113. The number of para-hydroxylation sites is 1. The summed E-state index contributed by atoms with van der Waals surface area (Å²) in [5, 5.41) is 0.134. The van der Waals surface area contributed by atoms with Gasteiger partial charge in [-0.2, -0.15) is 0 Å². The van der Waals surface area contributed by atoms with Crippen molar-refractivity contribution in [1.29, 1.82) is 0 Å². The maximum absolute atomic E-state index is 13.6. The van der Waals surface area contributed by atoms with Crippen LogP contribution < -0.4 is 4.74 Å². The average molecular weight is 586 g/mol. The van der Waals surface area contributed by atoms with E-state index in [-0.39, 0.29) is 17.4 Å². The predicted octanol–water partition coefficient (Wildman–Crippen LogP) is 8.57. The molecule has 5 heteroatoms. The third-order valence-corrected chi connectivity index (χ3v) is 9.60. The maximum atomic E-state index is 13.6. The second kappa shape index (κ2) is 13.8. The lowest BCUT2D eigenvalue weighted by Crippen LogP contribution is -2.40. The molecule has 1 fully saturated rings. The van der Waals surface area contributed by atoms with Crippen molar-refractivity contribution in [3.63, 3.8) is 0 Å². The normalized spacial score (nSPS) is 16.6. The molecule has 1 aliphatic rings. The number of nitrogens with zero attached hydrogens (tertiary/aromatic N) is 1. The first-order chi connectivity index (χ1) is 21.2. The second-order valence-corrected chi connectivity index (χ2v) is 12.3. The molecule has 1 saturated heterocycles. The molecule has 43 heavy (non-hydrogen) atoms. The Balaban J connectivity index is 1.32. The number of likely N-dealkylation sites (tertiary alicyclic amines) is 1. The molecule has 5 aromatic carbocycles. The lowest BCUT2D eigenvalue weighted by molar-refractivity contribution is 0.0664. The summed E-state index contributed by atoms with van der Waals surface area (Å²) in [7, 11) is 0. The van der Waals surface area contributed by atoms with Crippen LogP contribution in [0.15, 0.2) is 152 Å². The van der Waals surface area contributed by atoms with Gasteiger partial charge in [-0.05, 0) is 40.8 Å². The Labute approximate surface area is 258 Å². The lowest BCUT2D eigenvalue weighted by Gasteiger charge is -2.37. The van der Waals surface area contributed by atoms with E-state index < -0.39 is 4.75 Å². The van der Waals surface area contributed by atoms with Crippen LogP contribution in [-0.4, -0.2) is 35.4 Å². The summed E-state index contributed by atoms with van der Waals surface area (Å²) >= 11 is 1.92. The van der Waals surface area contributed by atoms with Crippen molar-refractivity contribution in [3.05, 3.63) is 174 Å². The molecule has 0 N–H and O–H groups in total. The predicted molar refractivity (Wildman–Crippen MR) is 174 cm³/mol. The van der Waals surface area contributed by atoms with E-state index in [1.807, 2.05) is 65.2 Å². The topological polar surface area (TPSA) is 38.8 Å². The first-order valence-electron chi connectivity index (χ1n) is 14.7. The monoisotopic (exact) mass is 585 g/mol. The van der Waals surface area contributed by atoms with Gasteiger partial charge >= 0.3 is 6.09 Å². The molecule has 2 atom stereocenters. The van der Waals surface area contributed by atoms with Gasteiger partial charge in [0, 0.05) is 11.8 Å². The lowest BCUT2D eigenvalue weighted by atomic mass is 9.84. The smallest absolute Gasteiger partial charge is 0.410 e. The van der Waals surface area contributed by atoms with Crippen molar-refractivity contribution in [3.8, 4) is 5.75 Å². The molecule has 0 saturated carbocycles. The van der Waals surface area contributed by atoms with Gasteiger partial charge in [0.15, 0.2) is 0 Å². The van der Waals surface area contributed by atoms with Crippen LogP contribution in [0.5, 0.6) is 5.75 Å². The first-order valence-corrected chi connectivity index (χ1v) is 15.6. The Morgan fingerprint density at radius 3 is 1.65 bits per heavy atom. The van der Waals surface area contributed by atoms with Crippen molar-refractivity contribution in [1.82, 2.24) is 4.90 Å². The SMILES string of the molecule is O=C(Oc1ccccc1)N1C[C@H](SC(c2ccccc2)(c2ccccc2)c2ccccc2)C[C@H]1COCc1ccccc1. The fraction of sp³-hybridized carbons (Fsp3) is 0.184. The molecule has 6 rings (SSSR count). The van der Waals surface area contributed by atoms with Crippen molar-refractivity contribution in [2.45, 2.75) is 29.1 Å². The molecule has 0 radical (unpaired) electrons. The fourth-order valence-corrected chi connectivity index (χ4v) is 7.72. The average Bonchev–Trinajstić information content (AvgIpc) is 3.48. The standard InChI is InChI=1S/C38H35NO3S/c40-37(42-35-24-14-5-15-25-35)39-27-36(26-34(39)29-41-28-30-16-6-1-7-17-30)43-38(31-18-8-2-9-19-31,32-20-10-3-11-21-32)33-22-12-4-13-23-33/h1-25,34,36H,26-29H2/t34-,36+/m0/s1. The van der Waals surface area contributed by atoms with Crippen LogP contribution in [0, 0.1) is 0 Å². The third-order valence-electron chi connectivity index (χ3n) is 7.87. The van der Waals surface area contributed by atoms with E-state index in [0.29, 0.717) is 25.5 Å². The fourth-order valence-electron chi connectivity index (χ4n) is 5.85. The van der Waals surface area contributed by atoms with Crippen LogP contribution in [0.1, 0.15) is 28.7 Å². The van der Waals surface area contributed by atoms with Crippen molar-refractivity contribution in [2.24, 2.45) is 0 Å². The van der Waals surface area contributed by atoms with E-state index in [2.05, 4.69) is 103 Å². The summed E-state index contributed by atoms with van der Waals surface area (Å²) in [4.78, 5) is 15.5. The van der Waals surface area contributed by atoms with Gasteiger partial charge in [0.25, 0.3) is 0 Å². The molecule has 1 heterocycles. The quantitative estimate of drug-likeness (QED) is 0.154. The molecule has 0 aliphatic carbocycles. The highest BCUT2D eigenvalue weighted by atomic mass is 32.2. The number of thioether (sulfide) groups is 1. The molecule has 4 nitrogen and oxygen atoms in total. The highest BCUT2D eigenvalue weighted by Gasteiger charge is 2.44. The molecule has 0 spiro atoms. The number of carbonyl (C=O) groups is 1. The number of ether oxygens (including phenoxy) is 2. The van der Waals surface area contributed by atoms with Gasteiger partial charge in [0.2, 0.25) is 0 Å². The number of hydrogen-bond acceptors (Lipinski definition) is 4. The molecule has 1 aliphatic heterocycles. The Kier molecular flexibility index (Phi) is 9.22. The Hall–Kier alpha value is -4.32. The third kappa shape index (κ3) is 6.69. The van der Waals surface area contributed by atoms with Crippen LogP contribution in [0.2, 0.25) is 0 Å². The minimum Gasteiger partial charge on any atom is -0.410 e. The Morgan fingerprint density at radius 1 is 0.674 bits per heavy atom. The van der Waals surface area contributed by atoms with Gasteiger partial charge in [0.05, 0.1) is 24.0 Å². The molecular formula is C38H35NO3S. The van der Waals surface area contributed by atoms with E-state index in [1.54, 1.807) is 0 Å². The van der Waals surface area contributed by atoms with Crippen LogP contribution in [-0.2, 0) is 16.1 Å². The Bertz CT molecular complexity index is 1470. The number of amides is 1. The number of hydrogen-bond donors (Lipinski definition) is 0. The zero-order chi connectivity index (χ0) is 29.3. The van der Waals surface area contributed by atoms with Crippen molar-refractivity contribution < 1.29 is 14.3 Å². The summed E-state index contributed by atoms with van der Waals surface area (Å²) in [6.07, 6.45) is 0.449. The van der Waals surface area contributed by atoms with Gasteiger partial charge in [-0.3, -0.25) is 0 Å². The largest absolute Gasteiger partial charge is 0.415 e. The zero-order valence-corrected chi connectivity index (χ0v) is 24.8. The molecule has 0 unspecified atom stereocenters. The van der Waals surface area contributed by atoms with Crippen LogP contribution in [0.3, 0.4) is 0 Å². The van der Waals surface area contributed by atoms with E-state index in [9.17, 15) is 4.79 Å². The zero-order valence-electron chi connectivity index (χ0n) is 24.0. The van der Waals surface area contributed by atoms with Gasteiger partial charge in [-0.25, -0.2) is 4.79 Å². The molecular weight excluding hydrogens is 550 g/mol. The molecule has 5 aromatic rings. The number of carbonyl (C=O) groups excluding carboxylic acids is 1. The van der Waals surface area contributed by atoms with Crippen LogP contribution in [0.4, 0.5) is 4.79 Å². The van der Waals surface area contributed by atoms with Gasteiger partial charge in [0.1, 0.15) is 5.75 Å². The van der Waals surface area contributed by atoms with Crippen molar-refractivity contribution in [2.75, 3.05) is 13.2 Å². The summed E-state index contributed by atoms with van der Waals surface area (Å²) in [6, 6.07) is 51.4. The summed E-state index contributed by atoms with van der Waals surface area (Å²) in [5.41, 5.74) is 4.74. The summed E-state index contributed by atoms with van der Waals surface area (Å²) < 4.78 is 11.6. The molecule has 0 aromatic heterocycles. The van der Waals surface area contributed by atoms with Gasteiger partial charge in [-0.15, -0.1) is 11.8 Å². The molecule has 0 bridgehead atoms. The number of rotatable bonds is 10. The first kappa shape index (κ1) is 28.8. The second-order valence-electron chi connectivity index (χ2n) is 10.7. The van der Waals surface area contributed by atoms with Gasteiger partial charge < -0.3 is 14.4 Å². The highest BCUT2D eigenvalue weighted by Crippen LogP contribution is 2.52. The molecule has 216 valence electrons. The highest BCUT2D eigenvalue weighted by molar-refractivity contribution is 8.01. The summed E-state index contributed by atoms with van der Waals surface area (Å²) in [5.74, 6) is 0.541.